The lowest BCUT2D eigenvalue weighted by molar-refractivity contribution is 0.626. The van der Waals surface area contributed by atoms with Crippen LogP contribution < -0.4 is 5.32 Å². The molecule has 1 aromatic carbocycles. The van der Waals surface area contributed by atoms with Crippen molar-refractivity contribution in [1.82, 2.24) is 9.55 Å². The van der Waals surface area contributed by atoms with Crippen molar-refractivity contribution in [3.63, 3.8) is 0 Å². The second kappa shape index (κ2) is 4.80. The summed E-state index contributed by atoms with van der Waals surface area (Å²) in [6, 6.07) is 5.05. The van der Waals surface area contributed by atoms with Crippen molar-refractivity contribution in [3.05, 3.63) is 41.5 Å². The number of aromatic nitrogens is 2. The molecule has 0 fully saturated rings. The third kappa shape index (κ3) is 2.53. The van der Waals surface area contributed by atoms with E-state index in [9.17, 15) is 4.39 Å². The van der Waals surface area contributed by atoms with Gasteiger partial charge in [-0.15, -0.1) is 0 Å². The lowest BCUT2D eigenvalue weighted by atomic mass is 10.2. The number of rotatable bonds is 3. The molecular formula is C14H18FN3. The first-order valence-electron chi connectivity index (χ1n) is 6.06. The maximum Gasteiger partial charge on any atom is 0.207 e. The second-order valence-electron chi connectivity index (χ2n) is 4.81. The molecule has 1 N–H and O–H groups in total. The summed E-state index contributed by atoms with van der Waals surface area (Å²) in [5, 5.41) is 3.27. The summed E-state index contributed by atoms with van der Waals surface area (Å²) in [5.41, 5.74) is 2.74. The Hall–Kier alpha value is -1.84. The number of hydrogen-bond donors (Lipinski definition) is 1. The Balaban J connectivity index is 2.52. The van der Waals surface area contributed by atoms with Gasteiger partial charge in [-0.1, -0.05) is 6.07 Å². The summed E-state index contributed by atoms with van der Waals surface area (Å²) in [6.07, 6.45) is 1.91. The van der Waals surface area contributed by atoms with E-state index < -0.39 is 0 Å². The van der Waals surface area contributed by atoms with E-state index in [-0.39, 0.29) is 11.9 Å². The minimum atomic E-state index is -0.238. The predicted molar refractivity (Wildman–Crippen MR) is 71.8 cm³/mol. The molecule has 18 heavy (non-hydrogen) atoms. The smallest absolute Gasteiger partial charge is 0.207 e. The number of aryl methyl sites for hydroxylation is 2. The van der Waals surface area contributed by atoms with E-state index in [4.69, 9.17) is 0 Å². The quantitative estimate of drug-likeness (QED) is 0.900. The fourth-order valence-corrected chi connectivity index (χ4v) is 1.88. The van der Waals surface area contributed by atoms with Crippen LogP contribution in [0.3, 0.4) is 0 Å². The van der Waals surface area contributed by atoms with Crippen LogP contribution in [0.5, 0.6) is 0 Å². The van der Waals surface area contributed by atoms with Crippen LogP contribution in [-0.4, -0.2) is 15.6 Å². The highest BCUT2D eigenvalue weighted by Gasteiger charge is 2.11. The van der Waals surface area contributed by atoms with Crippen molar-refractivity contribution < 1.29 is 4.39 Å². The standard InChI is InChI=1S/C14H18FN3/c1-9(2)16-14-17-11(4)8-18(14)13-7-12(15)6-5-10(13)3/h5-9H,1-4H3,(H,16,17). The molecule has 0 radical (unpaired) electrons. The van der Waals surface area contributed by atoms with E-state index in [0.717, 1.165) is 22.9 Å². The average Bonchev–Trinajstić information content (AvgIpc) is 2.62. The number of anilines is 1. The summed E-state index contributed by atoms with van der Waals surface area (Å²) in [7, 11) is 0. The van der Waals surface area contributed by atoms with Crippen LogP contribution in [0.1, 0.15) is 25.1 Å². The number of nitrogens with zero attached hydrogens (tertiary/aromatic N) is 2. The minimum absolute atomic E-state index is 0.238. The van der Waals surface area contributed by atoms with Crippen molar-refractivity contribution in [2.24, 2.45) is 0 Å². The highest BCUT2D eigenvalue weighted by molar-refractivity contribution is 5.48. The van der Waals surface area contributed by atoms with Crippen molar-refractivity contribution in [2.75, 3.05) is 5.32 Å². The van der Waals surface area contributed by atoms with Gasteiger partial charge in [-0.3, -0.25) is 4.57 Å². The molecule has 96 valence electrons. The zero-order valence-electron chi connectivity index (χ0n) is 11.2. The van der Waals surface area contributed by atoms with Gasteiger partial charge < -0.3 is 5.32 Å². The zero-order valence-corrected chi connectivity index (χ0v) is 11.2. The fourth-order valence-electron chi connectivity index (χ4n) is 1.88. The summed E-state index contributed by atoms with van der Waals surface area (Å²) in [4.78, 5) is 4.43. The molecule has 0 amide bonds. The van der Waals surface area contributed by atoms with Gasteiger partial charge in [0.25, 0.3) is 0 Å². The van der Waals surface area contributed by atoms with Gasteiger partial charge in [-0.2, -0.15) is 0 Å². The molecular weight excluding hydrogens is 229 g/mol. The van der Waals surface area contributed by atoms with E-state index in [1.807, 2.05) is 38.5 Å². The summed E-state index contributed by atoms with van der Waals surface area (Å²) in [5.74, 6) is 0.508. The van der Waals surface area contributed by atoms with Crippen molar-refractivity contribution in [2.45, 2.75) is 33.7 Å². The Morgan fingerprint density at radius 3 is 2.67 bits per heavy atom. The third-order valence-electron chi connectivity index (χ3n) is 2.67. The molecule has 0 spiro atoms. The normalized spacial score (nSPS) is 11.0. The van der Waals surface area contributed by atoms with Crippen LogP contribution in [0.4, 0.5) is 10.3 Å². The van der Waals surface area contributed by atoms with Crippen LogP contribution in [0, 0.1) is 19.7 Å². The van der Waals surface area contributed by atoms with Gasteiger partial charge in [-0.25, -0.2) is 9.37 Å². The Kier molecular flexibility index (Phi) is 3.36. The second-order valence-corrected chi connectivity index (χ2v) is 4.81. The molecule has 1 heterocycles. The highest BCUT2D eigenvalue weighted by Crippen LogP contribution is 2.21. The van der Waals surface area contributed by atoms with Crippen LogP contribution in [0.2, 0.25) is 0 Å². The number of halogens is 1. The van der Waals surface area contributed by atoms with Crippen LogP contribution in [0.15, 0.2) is 24.4 Å². The highest BCUT2D eigenvalue weighted by atomic mass is 19.1. The Bertz CT molecular complexity index is 558. The van der Waals surface area contributed by atoms with Gasteiger partial charge in [0.1, 0.15) is 5.82 Å². The van der Waals surface area contributed by atoms with Crippen molar-refractivity contribution >= 4 is 5.95 Å². The van der Waals surface area contributed by atoms with Gasteiger partial charge in [-0.05, 0) is 45.4 Å². The SMILES string of the molecule is Cc1cn(-c2cc(F)ccc2C)c(NC(C)C)n1. The monoisotopic (exact) mass is 247 g/mol. The molecule has 0 aliphatic rings. The molecule has 2 rings (SSSR count). The largest absolute Gasteiger partial charge is 0.353 e. The molecule has 2 aromatic rings. The van der Waals surface area contributed by atoms with Gasteiger partial charge in [0.2, 0.25) is 5.95 Å². The number of benzene rings is 1. The average molecular weight is 247 g/mol. The van der Waals surface area contributed by atoms with Crippen LogP contribution in [0.25, 0.3) is 5.69 Å². The number of imidazole rings is 1. The van der Waals surface area contributed by atoms with E-state index in [1.165, 1.54) is 12.1 Å². The lowest BCUT2D eigenvalue weighted by Crippen LogP contribution is -2.14. The topological polar surface area (TPSA) is 29.9 Å². The Morgan fingerprint density at radius 1 is 1.28 bits per heavy atom. The van der Waals surface area contributed by atoms with Gasteiger partial charge in [0, 0.05) is 12.2 Å². The van der Waals surface area contributed by atoms with Crippen LogP contribution in [-0.2, 0) is 0 Å². The molecule has 1 aromatic heterocycles. The molecule has 3 nitrogen and oxygen atoms in total. The van der Waals surface area contributed by atoms with E-state index in [1.54, 1.807) is 6.07 Å². The molecule has 0 aliphatic carbocycles. The maximum atomic E-state index is 13.4. The summed E-state index contributed by atoms with van der Waals surface area (Å²) >= 11 is 0. The summed E-state index contributed by atoms with van der Waals surface area (Å²) < 4.78 is 15.3. The molecule has 0 bridgehead atoms. The molecule has 0 aliphatic heterocycles. The van der Waals surface area contributed by atoms with E-state index >= 15 is 0 Å². The fraction of sp³-hybridized carbons (Fsp3) is 0.357. The molecule has 0 saturated heterocycles. The summed E-state index contributed by atoms with van der Waals surface area (Å²) in [6.45, 7) is 7.99. The van der Waals surface area contributed by atoms with Crippen LogP contribution >= 0.6 is 0 Å². The van der Waals surface area contributed by atoms with Gasteiger partial charge >= 0.3 is 0 Å². The number of hydrogen-bond acceptors (Lipinski definition) is 2. The van der Waals surface area contributed by atoms with Gasteiger partial charge in [0.15, 0.2) is 0 Å². The molecule has 0 atom stereocenters. The van der Waals surface area contributed by atoms with Gasteiger partial charge in [0.05, 0.1) is 11.4 Å². The maximum absolute atomic E-state index is 13.4. The Morgan fingerprint density at radius 2 is 2.00 bits per heavy atom. The zero-order chi connectivity index (χ0) is 13.3. The predicted octanol–water partition coefficient (Wildman–Crippen LogP) is 3.45. The minimum Gasteiger partial charge on any atom is -0.353 e. The molecule has 0 unspecified atom stereocenters. The van der Waals surface area contributed by atoms with Crippen molar-refractivity contribution in [3.8, 4) is 5.69 Å². The first-order chi connectivity index (χ1) is 8.47. The third-order valence-corrected chi connectivity index (χ3v) is 2.67. The number of nitrogens with one attached hydrogen (secondary N) is 1. The Labute approximate surface area is 107 Å². The lowest BCUT2D eigenvalue weighted by Gasteiger charge is -2.14. The van der Waals surface area contributed by atoms with Crippen molar-refractivity contribution in [1.29, 1.82) is 0 Å². The molecule has 4 heteroatoms. The first-order valence-corrected chi connectivity index (χ1v) is 6.06. The first kappa shape index (κ1) is 12.6. The van der Waals surface area contributed by atoms with E-state index in [0.29, 0.717) is 0 Å². The van der Waals surface area contributed by atoms with E-state index in [2.05, 4.69) is 10.3 Å². The molecule has 0 saturated carbocycles.